The van der Waals surface area contributed by atoms with Gasteiger partial charge in [0.15, 0.2) is 0 Å². The molecule has 206 valence electrons. The van der Waals surface area contributed by atoms with E-state index in [1.54, 1.807) is 0 Å². The van der Waals surface area contributed by atoms with Crippen molar-refractivity contribution in [2.45, 2.75) is 0 Å². The molecule has 0 fully saturated rings. The molecule has 7 aromatic carbocycles. The van der Waals surface area contributed by atoms with E-state index in [4.69, 9.17) is 0 Å². The molecule has 0 aliphatic carbocycles. The standard InChI is InChI=1S/C42H28N2/c1-4-13-29(14-5-1)34-20-12-22-40-42(34)37-27-30(24-26-39(37)43(40)32-15-6-2-7-16-32)31-23-25-36-35-19-10-11-21-38(35)44(41(36)28-31)33-17-8-3-9-18-33/h1-28H. The molecule has 0 radical (unpaired) electrons. The van der Waals surface area contributed by atoms with Gasteiger partial charge in [0.2, 0.25) is 0 Å². The minimum absolute atomic E-state index is 1.17. The van der Waals surface area contributed by atoms with Gasteiger partial charge in [-0.2, -0.15) is 0 Å². The van der Waals surface area contributed by atoms with Crippen LogP contribution < -0.4 is 0 Å². The molecule has 0 bridgehead atoms. The van der Waals surface area contributed by atoms with E-state index >= 15 is 0 Å². The Morgan fingerprint density at radius 1 is 0.295 bits per heavy atom. The van der Waals surface area contributed by atoms with E-state index in [-0.39, 0.29) is 0 Å². The van der Waals surface area contributed by atoms with Crippen LogP contribution in [0.25, 0.3) is 77.2 Å². The van der Waals surface area contributed by atoms with E-state index in [1.807, 2.05) is 0 Å². The summed E-state index contributed by atoms with van der Waals surface area (Å²) in [4.78, 5) is 0. The van der Waals surface area contributed by atoms with Gasteiger partial charge in [0.25, 0.3) is 0 Å². The van der Waals surface area contributed by atoms with Crippen LogP contribution in [0, 0.1) is 0 Å². The molecule has 0 aliphatic rings. The summed E-state index contributed by atoms with van der Waals surface area (Å²) >= 11 is 0. The number of nitrogens with zero attached hydrogens (tertiary/aromatic N) is 2. The van der Waals surface area contributed by atoms with Gasteiger partial charge in [-0.15, -0.1) is 0 Å². The Morgan fingerprint density at radius 2 is 0.841 bits per heavy atom. The van der Waals surface area contributed by atoms with Crippen molar-refractivity contribution in [3.05, 3.63) is 170 Å². The van der Waals surface area contributed by atoms with Crippen molar-refractivity contribution in [3.8, 4) is 33.6 Å². The normalized spacial score (nSPS) is 11.6. The number of para-hydroxylation sites is 3. The molecule has 2 aromatic heterocycles. The monoisotopic (exact) mass is 560 g/mol. The third kappa shape index (κ3) is 3.75. The number of fused-ring (bicyclic) bond motifs is 6. The van der Waals surface area contributed by atoms with Crippen LogP contribution in [0.5, 0.6) is 0 Å². The van der Waals surface area contributed by atoms with Gasteiger partial charge in [-0.1, -0.05) is 115 Å². The van der Waals surface area contributed by atoms with Gasteiger partial charge in [-0.3, -0.25) is 0 Å². The molecular formula is C42H28N2. The van der Waals surface area contributed by atoms with Crippen LogP contribution >= 0.6 is 0 Å². The summed E-state index contributed by atoms with van der Waals surface area (Å²) in [6.45, 7) is 0. The van der Waals surface area contributed by atoms with Crippen molar-refractivity contribution in [1.82, 2.24) is 9.13 Å². The van der Waals surface area contributed by atoms with Gasteiger partial charge in [-0.25, -0.2) is 0 Å². The molecule has 9 rings (SSSR count). The maximum absolute atomic E-state index is 2.40. The Kier molecular flexibility index (Phi) is 5.54. The summed E-state index contributed by atoms with van der Waals surface area (Å²) < 4.78 is 4.79. The summed E-state index contributed by atoms with van der Waals surface area (Å²) in [5, 5.41) is 5.07. The first-order valence-electron chi connectivity index (χ1n) is 15.1. The van der Waals surface area contributed by atoms with Gasteiger partial charge >= 0.3 is 0 Å². The highest BCUT2D eigenvalue weighted by Crippen LogP contribution is 2.41. The van der Waals surface area contributed by atoms with Gasteiger partial charge < -0.3 is 9.13 Å². The third-order valence-corrected chi connectivity index (χ3v) is 8.91. The topological polar surface area (TPSA) is 9.86 Å². The minimum Gasteiger partial charge on any atom is -0.309 e. The first-order valence-corrected chi connectivity index (χ1v) is 15.1. The Balaban J connectivity index is 1.33. The molecular weight excluding hydrogens is 532 g/mol. The molecule has 0 saturated carbocycles. The summed E-state index contributed by atoms with van der Waals surface area (Å²) in [6, 6.07) is 61.4. The lowest BCUT2D eigenvalue weighted by atomic mass is 9.97. The number of rotatable bonds is 4. The lowest BCUT2D eigenvalue weighted by molar-refractivity contribution is 1.18. The summed E-state index contributed by atoms with van der Waals surface area (Å²) in [5.41, 5.74) is 12.1. The first kappa shape index (κ1) is 24.7. The van der Waals surface area contributed by atoms with Crippen LogP contribution in [0.3, 0.4) is 0 Å². The smallest absolute Gasteiger partial charge is 0.0547 e. The predicted molar refractivity (Wildman–Crippen MR) is 186 cm³/mol. The second-order valence-corrected chi connectivity index (χ2v) is 11.4. The largest absolute Gasteiger partial charge is 0.309 e. The minimum atomic E-state index is 1.17. The van der Waals surface area contributed by atoms with Crippen molar-refractivity contribution < 1.29 is 0 Å². The molecule has 2 heterocycles. The lowest BCUT2D eigenvalue weighted by Gasteiger charge is -2.10. The van der Waals surface area contributed by atoms with Crippen LogP contribution in [0.15, 0.2) is 170 Å². The molecule has 0 amide bonds. The Morgan fingerprint density at radius 3 is 1.59 bits per heavy atom. The second-order valence-electron chi connectivity index (χ2n) is 11.4. The van der Waals surface area contributed by atoms with Gasteiger partial charge in [-0.05, 0) is 76.9 Å². The molecule has 44 heavy (non-hydrogen) atoms. The molecule has 0 saturated heterocycles. The molecule has 2 heteroatoms. The zero-order valence-electron chi connectivity index (χ0n) is 24.1. The number of hydrogen-bond donors (Lipinski definition) is 0. The quantitative estimate of drug-likeness (QED) is 0.203. The summed E-state index contributed by atoms with van der Waals surface area (Å²) in [6.07, 6.45) is 0. The van der Waals surface area contributed by atoms with Gasteiger partial charge in [0, 0.05) is 32.9 Å². The lowest BCUT2D eigenvalue weighted by Crippen LogP contribution is -1.93. The third-order valence-electron chi connectivity index (χ3n) is 8.91. The van der Waals surface area contributed by atoms with E-state index < -0.39 is 0 Å². The maximum Gasteiger partial charge on any atom is 0.0547 e. The average molecular weight is 561 g/mol. The molecule has 2 nitrogen and oxygen atoms in total. The first-order chi connectivity index (χ1) is 21.8. The van der Waals surface area contributed by atoms with Crippen molar-refractivity contribution in [3.63, 3.8) is 0 Å². The van der Waals surface area contributed by atoms with E-state index in [0.29, 0.717) is 0 Å². The van der Waals surface area contributed by atoms with E-state index in [2.05, 4.69) is 179 Å². The predicted octanol–water partition coefficient (Wildman–Crippen LogP) is 11.2. The van der Waals surface area contributed by atoms with E-state index in [0.717, 1.165) is 0 Å². The van der Waals surface area contributed by atoms with Crippen LogP contribution in [0.2, 0.25) is 0 Å². The molecule has 0 N–H and O–H groups in total. The molecule has 9 aromatic rings. The van der Waals surface area contributed by atoms with Crippen molar-refractivity contribution in [2.24, 2.45) is 0 Å². The number of aromatic nitrogens is 2. The molecule has 0 atom stereocenters. The van der Waals surface area contributed by atoms with E-state index in [1.165, 1.54) is 77.2 Å². The zero-order chi connectivity index (χ0) is 29.0. The Hall–Kier alpha value is -5.86. The molecule has 0 unspecified atom stereocenters. The van der Waals surface area contributed by atoms with Crippen molar-refractivity contribution in [1.29, 1.82) is 0 Å². The zero-order valence-corrected chi connectivity index (χ0v) is 24.1. The Labute approximate surface area is 255 Å². The number of benzene rings is 7. The fraction of sp³-hybridized carbons (Fsp3) is 0. The maximum atomic E-state index is 2.40. The highest BCUT2D eigenvalue weighted by atomic mass is 15.0. The van der Waals surface area contributed by atoms with Gasteiger partial charge in [0.05, 0.1) is 22.1 Å². The highest BCUT2D eigenvalue weighted by molar-refractivity contribution is 6.17. The summed E-state index contributed by atoms with van der Waals surface area (Å²) in [7, 11) is 0. The van der Waals surface area contributed by atoms with E-state index in [9.17, 15) is 0 Å². The van der Waals surface area contributed by atoms with Crippen LogP contribution in [0.1, 0.15) is 0 Å². The SMILES string of the molecule is c1ccc(-c2cccc3c2c2cc(-c4ccc5c6ccccc6n(-c6ccccc6)c5c4)ccc2n3-c2ccccc2)cc1. The molecule has 0 spiro atoms. The van der Waals surface area contributed by atoms with Crippen LogP contribution in [-0.2, 0) is 0 Å². The highest BCUT2D eigenvalue weighted by Gasteiger charge is 2.18. The fourth-order valence-electron chi connectivity index (χ4n) is 6.97. The van der Waals surface area contributed by atoms with Crippen molar-refractivity contribution in [2.75, 3.05) is 0 Å². The Bertz CT molecular complexity index is 2470. The van der Waals surface area contributed by atoms with Crippen LogP contribution in [0.4, 0.5) is 0 Å². The average Bonchev–Trinajstić information content (AvgIpc) is 3.61. The van der Waals surface area contributed by atoms with Crippen LogP contribution in [-0.4, -0.2) is 9.13 Å². The molecule has 0 aliphatic heterocycles. The second kappa shape index (κ2) is 9.86. The number of hydrogen-bond acceptors (Lipinski definition) is 0. The fourth-order valence-corrected chi connectivity index (χ4v) is 6.97. The summed E-state index contributed by atoms with van der Waals surface area (Å²) in [5.74, 6) is 0. The van der Waals surface area contributed by atoms with Gasteiger partial charge in [0.1, 0.15) is 0 Å². The van der Waals surface area contributed by atoms with Crippen molar-refractivity contribution >= 4 is 43.6 Å².